The number of carboxylic acid groups (broad SMARTS) is 1. The normalized spacial score (nSPS) is 11.5. The van der Waals surface area contributed by atoms with Gasteiger partial charge in [-0.3, -0.25) is 4.79 Å². The largest absolute Gasteiger partial charge is 0.481 e. The van der Waals surface area contributed by atoms with Crippen LogP contribution >= 0.6 is 0 Å². The Balaban J connectivity index is 2.83. The van der Waals surface area contributed by atoms with E-state index >= 15 is 0 Å². The van der Waals surface area contributed by atoms with Gasteiger partial charge in [0.25, 0.3) is 0 Å². The van der Waals surface area contributed by atoms with Crippen molar-refractivity contribution < 1.29 is 27.1 Å². The summed E-state index contributed by atoms with van der Waals surface area (Å²) in [6.07, 6.45) is -0.121. The molecule has 1 aromatic carbocycles. The fourth-order valence-corrected chi connectivity index (χ4v) is 2.58. The fourth-order valence-electron chi connectivity index (χ4n) is 1.36. The summed E-state index contributed by atoms with van der Waals surface area (Å²) in [5, 5.41) is 8.39. The van der Waals surface area contributed by atoms with Crippen LogP contribution in [0.2, 0.25) is 0 Å². The summed E-state index contributed by atoms with van der Waals surface area (Å²) in [6.45, 7) is 1.18. The standard InChI is InChI=1S/C11H13F2NO4S/c1-7-5-10(9(13)6-8(7)12)19(17,18)14-4-2-3-11(15)16/h5-6,14H,2-4H2,1H3,(H,15,16). The zero-order chi connectivity index (χ0) is 14.6. The summed E-state index contributed by atoms with van der Waals surface area (Å²) in [6, 6.07) is 1.39. The van der Waals surface area contributed by atoms with Crippen LogP contribution in [0, 0.1) is 18.6 Å². The number of hydrogen-bond donors (Lipinski definition) is 2. The smallest absolute Gasteiger partial charge is 0.303 e. The molecule has 106 valence electrons. The Kier molecular flexibility index (Phi) is 4.96. The van der Waals surface area contributed by atoms with Crippen LogP contribution in [0.1, 0.15) is 18.4 Å². The van der Waals surface area contributed by atoms with Crippen LogP contribution < -0.4 is 4.72 Å². The van der Waals surface area contributed by atoms with Crippen molar-refractivity contribution in [2.45, 2.75) is 24.7 Å². The topological polar surface area (TPSA) is 83.5 Å². The number of aryl methyl sites for hydroxylation is 1. The second kappa shape index (κ2) is 6.07. The predicted octanol–water partition coefficient (Wildman–Crippen LogP) is 1.42. The molecular formula is C11H13F2NO4S. The minimum absolute atomic E-state index is 0.00677. The highest BCUT2D eigenvalue weighted by Crippen LogP contribution is 2.18. The molecule has 0 aromatic heterocycles. The van der Waals surface area contributed by atoms with Crippen molar-refractivity contribution in [3.05, 3.63) is 29.3 Å². The van der Waals surface area contributed by atoms with E-state index in [1.165, 1.54) is 6.92 Å². The van der Waals surface area contributed by atoms with E-state index in [1.54, 1.807) is 0 Å². The molecule has 0 aliphatic heterocycles. The molecule has 1 aromatic rings. The van der Waals surface area contributed by atoms with Gasteiger partial charge in [0.05, 0.1) is 0 Å². The van der Waals surface area contributed by atoms with Crippen LogP contribution in [0.5, 0.6) is 0 Å². The van der Waals surface area contributed by atoms with Gasteiger partial charge in [0.1, 0.15) is 16.5 Å². The van der Waals surface area contributed by atoms with E-state index in [1.807, 2.05) is 0 Å². The molecule has 0 fully saturated rings. The number of hydrogen-bond acceptors (Lipinski definition) is 3. The Morgan fingerprint density at radius 3 is 2.53 bits per heavy atom. The van der Waals surface area contributed by atoms with Crippen molar-refractivity contribution >= 4 is 16.0 Å². The Bertz CT molecular complexity index is 587. The van der Waals surface area contributed by atoms with Gasteiger partial charge in [-0.05, 0) is 25.0 Å². The first-order chi connectivity index (χ1) is 8.74. The number of rotatable bonds is 6. The van der Waals surface area contributed by atoms with Gasteiger partial charge >= 0.3 is 5.97 Å². The van der Waals surface area contributed by atoms with E-state index in [0.29, 0.717) is 6.07 Å². The average Bonchev–Trinajstić information content (AvgIpc) is 2.29. The Labute approximate surface area is 109 Å². The number of carboxylic acids is 1. The third kappa shape index (κ3) is 4.25. The first kappa shape index (κ1) is 15.5. The van der Waals surface area contributed by atoms with Crippen LogP contribution in [-0.2, 0) is 14.8 Å². The minimum atomic E-state index is -4.11. The first-order valence-corrected chi connectivity index (χ1v) is 6.89. The lowest BCUT2D eigenvalue weighted by molar-refractivity contribution is -0.137. The van der Waals surface area contributed by atoms with E-state index in [9.17, 15) is 22.0 Å². The summed E-state index contributed by atoms with van der Waals surface area (Å²) in [7, 11) is -4.11. The number of carbonyl (C=O) groups is 1. The number of benzene rings is 1. The summed E-state index contributed by atoms with van der Waals surface area (Å²) >= 11 is 0. The third-order valence-electron chi connectivity index (χ3n) is 2.36. The van der Waals surface area contributed by atoms with Gasteiger partial charge in [0.15, 0.2) is 0 Å². The van der Waals surface area contributed by atoms with Gasteiger partial charge in [-0.1, -0.05) is 0 Å². The van der Waals surface area contributed by atoms with E-state index in [0.717, 1.165) is 6.07 Å². The number of aliphatic carboxylic acids is 1. The fraction of sp³-hybridized carbons (Fsp3) is 0.364. The van der Waals surface area contributed by atoms with Gasteiger partial charge in [-0.15, -0.1) is 0 Å². The number of sulfonamides is 1. The van der Waals surface area contributed by atoms with Crippen LogP contribution in [0.4, 0.5) is 8.78 Å². The zero-order valence-corrected chi connectivity index (χ0v) is 10.9. The zero-order valence-electron chi connectivity index (χ0n) is 10.1. The van der Waals surface area contributed by atoms with Gasteiger partial charge in [-0.25, -0.2) is 21.9 Å². The van der Waals surface area contributed by atoms with Crippen molar-refractivity contribution in [1.82, 2.24) is 4.72 Å². The van der Waals surface area contributed by atoms with Crippen LogP contribution in [0.25, 0.3) is 0 Å². The molecule has 0 aliphatic rings. The highest BCUT2D eigenvalue weighted by Gasteiger charge is 2.20. The Hall–Kier alpha value is -1.54. The van der Waals surface area contributed by atoms with Crippen LogP contribution in [0.3, 0.4) is 0 Å². The highest BCUT2D eigenvalue weighted by atomic mass is 32.2. The molecule has 0 unspecified atom stereocenters. The third-order valence-corrected chi connectivity index (χ3v) is 3.84. The van der Waals surface area contributed by atoms with Gasteiger partial charge in [0, 0.05) is 19.0 Å². The SMILES string of the molecule is Cc1cc(S(=O)(=O)NCCCC(=O)O)c(F)cc1F. The predicted molar refractivity (Wildman–Crippen MR) is 63.2 cm³/mol. The molecule has 0 radical (unpaired) electrons. The molecule has 0 saturated heterocycles. The Morgan fingerprint density at radius 1 is 1.32 bits per heavy atom. The molecule has 5 nitrogen and oxygen atoms in total. The maximum Gasteiger partial charge on any atom is 0.303 e. The molecule has 0 heterocycles. The second-order valence-corrected chi connectivity index (χ2v) is 5.66. The molecule has 0 bridgehead atoms. The van der Waals surface area contributed by atoms with Crippen LogP contribution in [0.15, 0.2) is 17.0 Å². The maximum absolute atomic E-state index is 13.4. The lowest BCUT2D eigenvalue weighted by Gasteiger charge is -2.08. The molecule has 0 saturated carbocycles. The molecule has 0 aliphatic carbocycles. The van der Waals surface area contributed by atoms with E-state index in [-0.39, 0.29) is 24.9 Å². The summed E-state index contributed by atoms with van der Waals surface area (Å²) in [4.78, 5) is 9.60. The van der Waals surface area contributed by atoms with Crippen molar-refractivity contribution in [3.63, 3.8) is 0 Å². The molecule has 0 amide bonds. The van der Waals surface area contributed by atoms with E-state index in [4.69, 9.17) is 5.11 Å². The van der Waals surface area contributed by atoms with Crippen molar-refractivity contribution in [3.8, 4) is 0 Å². The van der Waals surface area contributed by atoms with Crippen molar-refractivity contribution in [1.29, 1.82) is 0 Å². The van der Waals surface area contributed by atoms with Gasteiger partial charge in [-0.2, -0.15) is 0 Å². The first-order valence-electron chi connectivity index (χ1n) is 5.41. The second-order valence-electron chi connectivity index (χ2n) is 3.93. The monoisotopic (exact) mass is 293 g/mol. The van der Waals surface area contributed by atoms with Crippen molar-refractivity contribution in [2.75, 3.05) is 6.54 Å². The number of halogens is 2. The lowest BCUT2D eigenvalue weighted by atomic mass is 10.2. The average molecular weight is 293 g/mol. The van der Waals surface area contributed by atoms with Gasteiger partial charge < -0.3 is 5.11 Å². The number of nitrogens with one attached hydrogen (secondary N) is 1. The molecule has 19 heavy (non-hydrogen) atoms. The van der Waals surface area contributed by atoms with Crippen LogP contribution in [-0.4, -0.2) is 26.0 Å². The summed E-state index contributed by atoms with van der Waals surface area (Å²) in [5.74, 6) is -3.07. The summed E-state index contributed by atoms with van der Waals surface area (Å²) in [5.41, 5.74) is 0.00677. The van der Waals surface area contributed by atoms with Crippen molar-refractivity contribution in [2.24, 2.45) is 0 Å². The van der Waals surface area contributed by atoms with Gasteiger partial charge in [0.2, 0.25) is 10.0 Å². The van der Waals surface area contributed by atoms with E-state index < -0.39 is 32.5 Å². The Morgan fingerprint density at radius 2 is 1.95 bits per heavy atom. The minimum Gasteiger partial charge on any atom is -0.481 e. The molecule has 0 spiro atoms. The quantitative estimate of drug-likeness (QED) is 0.777. The molecule has 0 atom stereocenters. The lowest BCUT2D eigenvalue weighted by Crippen LogP contribution is -2.26. The molecular weight excluding hydrogens is 280 g/mol. The summed E-state index contributed by atoms with van der Waals surface area (Å²) < 4.78 is 52.0. The highest BCUT2D eigenvalue weighted by molar-refractivity contribution is 7.89. The van der Waals surface area contributed by atoms with E-state index in [2.05, 4.69) is 4.72 Å². The maximum atomic E-state index is 13.4. The molecule has 2 N–H and O–H groups in total. The molecule has 8 heteroatoms. The molecule has 1 rings (SSSR count).